The van der Waals surface area contributed by atoms with Crippen LogP contribution in [0.5, 0.6) is 0 Å². The minimum atomic E-state index is 0.690. The monoisotopic (exact) mass is 466 g/mol. The van der Waals surface area contributed by atoms with E-state index in [1.165, 1.54) is 10.8 Å². The molecule has 0 saturated heterocycles. The fourth-order valence-electron chi connectivity index (χ4n) is 3.59. The molecule has 152 valence electrons. The average molecular weight is 467 g/mol. The van der Waals surface area contributed by atoms with E-state index in [1.54, 1.807) is 0 Å². The van der Waals surface area contributed by atoms with Crippen LogP contribution < -0.4 is 0 Å². The molecule has 0 fully saturated rings. The summed E-state index contributed by atoms with van der Waals surface area (Å²) < 4.78 is 1.02. The maximum atomic E-state index is 5.04. The van der Waals surface area contributed by atoms with Gasteiger partial charge in [-0.25, -0.2) is 9.98 Å². The van der Waals surface area contributed by atoms with Gasteiger partial charge in [0.25, 0.3) is 0 Å². The van der Waals surface area contributed by atoms with Crippen LogP contribution >= 0.6 is 15.9 Å². The van der Waals surface area contributed by atoms with Crippen LogP contribution in [0, 0.1) is 0 Å². The van der Waals surface area contributed by atoms with Crippen LogP contribution in [0.25, 0.3) is 16.5 Å². The molecule has 0 heterocycles. The summed E-state index contributed by atoms with van der Waals surface area (Å²) in [6.45, 7) is 4.05. The predicted molar refractivity (Wildman–Crippen MR) is 137 cm³/mol. The Morgan fingerprint density at radius 3 is 2.00 bits per heavy atom. The number of halogens is 1. The van der Waals surface area contributed by atoms with Gasteiger partial charge in [-0.15, -0.1) is 0 Å². The van der Waals surface area contributed by atoms with Gasteiger partial charge in [0.2, 0.25) is 0 Å². The topological polar surface area (TPSA) is 24.7 Å². The van der Waals surface area contributed by atoms with Crippen molar-refractivity contribution >= 4 is 43.9 Å². The lowest BCUT2D eigenvalue weighted by atomic mass is 10.0. The Morgan fingerprint density at radius 2 is 1.32 bits per heavy atom. The zero-order valence-corrected chi connectivity index (χ0v) is 19.2. The quantitative estimate of drug-likeness (QED) is 0.215. The molecule has 2 nitrogen and oxygen atoms in total. The third-order valence-corrected chi connectivity index (χ3v) is 5.78. The number of rotatable bonds is 4. The highest BCUT2D eigenvalue weighted by Crippen LogP contribution is 2.28. The second-order valence-corrected chi connectivity index (χ2v) is 8.04. The summed E-state index contributed by atoms with van der Waals surface area (Å²) in [6.07, 6.45) is 2.02. The van der Waals surface area contributed by atoms with Crippen LogP contribution in [0.3, 0.4) is 0 Å². The van der Waals surface area contributed by atoms with Gasteiger partial charge in [0.15, 0.2) is 5.84 Å². The molecule has 0 aliphatic carbocycles. The first-order valence-corrected chi connectivity index (χ1v) is 11.1. The van der Waals surface area contributed by atoms with Crippen molar-refractivity contribution in [3.63, 3.8) is 0 Å². The molecule has 4 aromatic carbocycles. The molecule has 0 saturated carbocycles. The van der Waals surface area contributed by atoms with Gasteiger partial charge in [0.05, 0.1) is 5.70 Å². The lowest BCUT2D eigenvalue weighted by Crippen LogP contribution is -2.05. The van der Waals surface area contributed by atoms with Gasteiger partial charge in [-0.3, -0.25) is 0 Å². The summed E-state index contributed by atoms with van der Waals surface area (Å²) >= 11 is 3.73. The number of aliphatic imine (C=N–C) groups is 2. The van der Waals surface area contributed by atoms with E-state index in [0.29, 0.717) is 5.84 Å². The van der Waals surface area contributed by atoms with Gasteiger partial charge >= 0.3 is 0 Å². The summed E-state index contributed by atoms with van der Waals surface area (Å²) in [5.74, 6) is 0.690. The lowest BCUT2D eigenvalue weighted by molar-refractivity contribution is 1.42. The summed E-state index contributed by atoms with van der Waals surface area (Å²) in [6, 6.07) is 32.9. The van der Waals surface area contributed by atoms with E-state index in [1.807, 2.05) is 68.5 Å². The van der Waals surface area contributed by atoms with Crippen molar-refractivity contribution in [1.82, 2.24) is 0 Å². The molecule has 0 N–H and O–H groups in total. The third-order valence-electron chi connectivity index (χ3n) is 5.11. The summed E-state index contributed by atoms with van der Waals surface area (Å²) in [5, 5.41) is 2.35. The Hall–Kier alpha value is -3.30. The summed E-state index contributed by atoms with van der Waals surface area (Å²) in [7, 11) is 0. The fourth-order valence-corrected chi connectivity index (χ4v) is 4.22. The maximum absolute atomic E-state index is 5.04. The SMILES string of the molecule is C\C=C(/N=C(\N=C(/C)c1c(Br)ccc2ccccc12)c1ccccc1)c1ccccc1. The van der Waals surface area contributed by atoms with Crippen LogP contribution in [-0.4, -0.2) is 11.5 Å². The Balaban J connectivity index is 1.88. The number of amidine groups is 1. The van der Waals surface area contributed by atoms with Crippen molar-refractivity contribution in [2.45, 2.75) is 13.8 Å². The van der Waals surface area contributed by atoms with Gasteiger partial charge in [-0.1, -0.05) is 113 Å². The number of nitrogens with zero attached hydrogens (tertiary/aromatic N) is 2. The van der Waals surface area contributed by atoms with Crippen LogP contribution in [-0.2, 0) is 0 Å². The van der Waals surface area contributed by atoms with E-state index in [0.717, 1.165) is 32.6 Å². The van der Waals surface area contributed by atoms with Crippen LogP contribution in [0.4, 0.5) is 0 Å². The molecule has 4 rings (SSSR count). The van der Waals surface area contributed by atoms with Crippen molar-refractivity contribution in [1.29, 1.82) is 0 Å². The van der Waals surface area contributed by atoms with Crippen LogP contribution in [0.1, 0.15) is 30.5 Å². The number of fused-ring (bicyclic) bond motifs is 1. The van der Waals surface area contributed by atoms with E-state index in [4.69, 9.17) is 9.98 Å². The van der Waals surface area contributed by atoms with Crippen molar-refractivity contribution < 1.29 is 0 Å². The third kappa shape index (κ3) is 4.73. The Bertz CT molecular complexity index is 1290. The van der Waals surface area contributed by atoms with E-state index in [-0.39, 0.29) is 0 Å². The molecule has 0 atom stereocenters. The van der Waals surface area contributed by atoms with Crippen molar-refractivity contribution in [3.05, 3.63) is 124 Å². The van der Waals surface area contributed by atoms with Crippen LogP contribution in [0.15, 0.2) is 118 Å². The minimum Gasteiger partial charge on any atom is -0.233 e. The Morgan fingerprint density at radius 1 is 0.710 bits per heavy atom. The van der Waals surface area contributed by atoms with E-state index in [2.05, 4.69) is 64.5 Å². The van der Waals surface area contributed by atoms with Crippen molar-refractivity contribution in [3.8, 4) is 0 Å². The maximum Gasteiger partial charge on any atom is 0.160 e. The highest BCUT2D eigenvalue weighted by molar-refractivity contribution is 9.10. The molecule has 0 radical (unpaired) electrons. The Kier molecular flexibility index (Phi) is 6.54. The molecule has 4 aromatic rings. The first kappa shape index (κ1) is 21.0. The lowest BCUT2D eigenvalue weighted by Gasteiger charge is -2.11. The molecule has 0 aromatic heterocycles. The second-order valence-electron chi connectivity index (χ2n) is 7.18. The molecular formula is C28H23BrN2. The van der Waals surface area contributed by atoms with Gasteiger partial charge in [-0.05, 0) is 36.2 Å². The molecule has 0 spiro atoms. The average Bonchev–Trinajstić information content (AvgIpc) is 2.82. The standard InChI is InChI=1S/C28H23BrN2/c1-3-26(22-13-6-4-7-14-22)31-28(23-15-8-5-9-16-23)30-20(2)27-24-17-11-10-12-21(24)18-19-25(27)29/h3-19H,1-2H3/b26-3-,30-20+,31-28-. The number of benzene rings is 4. The summed E-state index contributed by atoms with van der Waals surface area (Å²) in [5.41, 5.74) is 4.94. The first-order chi connectivity index (χ1) is 15.2. The fraction of sp³-hybridized carbons (Fsp3) is 0.0714. The Labute approximate surface area is 191 Å². The molecule has 0 amide bonds. The molecular weight excluding hydrogens is 444 g/mol. The largest absolute Gasteiger partial charge is 0.233 e. The second kappa shape index (κ2) is 9.67. The molecule has 0 unspecified atom stereocenters. The number of hydrogen-bond donors (Lipinski definition) is 0. The molecule has 3 heteroatoms. The van der Waals surface area contributed by atoms with Crippen molar-refractivity contribution in [2.24, 2.45) is 9.98 Å². The van der Waals surface area contributed by atoms with Gasteiger partial charge in [-0.2, -0.15) is 0 Å². The van der Waals surface area contributed by atoms with Gasteiger partial charge in [0.1, 0.15) is 0 Å². The summed E-state index contributed by atoms with van der Waals surface area (Å²) in [4.78, 5) is 10.0. The normalized spacial score (nSPS) is 12.9. The number of allylic oxidation sites excluding steroid dienone is 1. The zero-order valence-electron chi connectivity index (χ0n) is 17.6. The molecule has 31 heavy (non-hydrogen) atoms. The molecule has 0 bridgehead atoms. The van der Waals surface area contributed by atoms with E-state index in [9.17, 15) is 0 Å². The highest BCUT2D eigenvalue weighted by Gasteiger charge is 2.12. The zero-order chi connectivity index (χ0) is 21.6. The minimum absolute atomic E-state index is 0.690. The smallest absolute Gasteiger partial charge is 0.160 e. The number of hydrogen-bond acceptors (Lipinski definition) is 1. The predicted octanol–water partition coefficient (Wildman–Crippen LogP) is 7.92. The molecule has 0 aliphatic heterocycles. The molecule has 0 aliphatic rings. The van der Waals surface area contributed by atoms with E-state index >= 15 is 0 Å². The van der Waals surface area contributed by atoms with Crippen LogP contribution in [0.2, 0.25) is 0 Å². The highest BCUT2D eigenvalue weighted by atomic mass is 79.9. The van der Waals surface area contributed by atoms with Gasteiger partial charge < -0.3 is 0 Å². The van der Waals surface area contributed by atoms with E-state index < -0.39 is 0 Å². The van der Waals surface area contributed by atoms with Crippen molar-refractivity contribution in [2.75, 3.05) is 0 Å². The van der Waals surface area contributed by atoms with Gasteiger partial charge in [0, 0.05) is 21.3 Å². The first-order valence-electron chi connectivity index (χ1n) is 10.3.